The summed E-state index contributed by atoms with van der Waals surface area (Å²) < 4.78 is 19.0. The van der Waals surface area contributed by atoms with E-state index in [1.807, 2.05) is 54.1 Å². The molecule has 0 saturated carbocycles. The molecule has 2 fully saturated rings. The number of tetrazole rings is 1. The number of H-pyrrole nitrogens is 1. The van der Waals surface area contributed by atoms with Gasteiger partial charge in [0, 0.05) is 49.3 Å². The number of fused-ring (bicyclic) bond motifs is 1. The summed E-state index contributed by atoms with van der Waals surface area (Å²) in [6.07, 6.45) is 2.07. The summed E-state index contributed by atoms with van der Waals surface area (Å²) in [5.41, 5.74) is 2.28. The van der Waals surface area contributed by atoms with Gasteiger partial charge in [-0.1, -0.05) is 12.1 Å². The van der Waals surface area contributed by atoms with Gasteiger partial charge in [-0.2, -0.15) is 0 Å². The molecule has 4 heterocycles. The maximum Gasteiger partial charge on any atom is 0.253 e. The second kappa shape index (κ2) is 11.6. The first-order chi connectivity index (χ1) is 19.6. The highest BCUT2D eigenvalue weighted by atomic mass is 16.5. The third kappa shape index (κ3) is 5.26. The van der Waals surface area contributed by atoms with Crippen LogP contribution >= 0.6 is 0 Å². The lowest BCUT2D eigenvalue weighted by molar-refractivity contribution is 0.0906. The summed E-state index contributed by atoms with van der Waals surface area (Å²) in [6.45, 7) is 6.80. The third-order valence-electron chi connectivity index (χ3n) is 7.76. The van der Waals surface area contributed by atoms with E-state index >= 15 is 0 Å². The fourth-order valence-electron chi connectivity index (χ4n) is 5.79. The first-order valence-corrected chi connectivity index (χ1v) is 13.9. The molecular weight excluding hydrogens is 510 g/mol. The third-order valence-corrected chi connectivity index (χ3v) is 7.76. The van der Waals surface area contributed by atoms with E-state index in [4.69, 9.17) is 14.2 Å². The van der Waals surface area contributed by atoms with Crippen LogP contribution in [0.2, 0.25) is 0 Å². The summed E-state index contributed by atoms with van der Waals surface area (Å²) >= 11 is 0. The summed E-state index contributed by atoms with van der Waals surface area (Å²) in [5, 5.41) is 13.7. The number of rotatable bonds is 9. The van der Waals surface area contributed by atoms with Gasteiger partial charge in [-0.05, 0) is 66.6 Å². The summed E-state index contributed by atoms with van der Waals surface area (Å²) in [5.74, 6) is 2.26. The Morgan fingerprint density at radius 3 is 2.75 bits per heavy atom. The molecule has 210 valence electrons. The van der Waals surface area contributed by atoms with Crippen molar-refractivity contribution >= 4 is 16.6 Å². The molecule has 2 aromatic heterocycles. The lowest BCUT2D eigenvalue weighted by Crippen LogP contribution is -2.49. The topological polar surface area (TPSA) is 111 Å². The predicted molar refractivity (Wildman–Crippen MR) is 151 cm³/mol. The number of methoxy groups -OCH3 is 1. The fraction of sp³-hybridized carbons (Fsp3) is 0.448. The Bertz CT molecular complexity index is 1510. The van der Waals surface area contributed by atoms with E-state index in [9.17, 15) is 4.79 Å². The lowest BCUT2D eigenvalue weighted by atomic mass is 10.0. The first kappa shape index (κ1) is 26.3. The van der Waals surface area contributed by atoms with Gasteiger partial charge >= 0.3 is 0 Å². The van der Waals surface area contributed by atoms with Crippen LogP contribution in [0.4, 0.5) is 5.69 Å². The van der Waals surface area contributed by atoms with E-state index in [0.29, 0.717) is 37.6 Å². The number of para-hydroxylation sites is 2. The molecule has 0 spiro atoms. The van der Waals surface area contributed by atoms with Gasteiger partial charge in [0.1, 0.15) is 17.5 Å². The van der Waals surface area contributed by atoms with Gasteiger partial charge in [0.15, 0.2) is 5.82 Å². The largest absolute Gasteiger partial charge is 0.495 e. The van der Waals surface area contributed by atoms with Crippen LogP contribution in [-0.4, -0.2) is 82.7 Å². The summed E-state index contributed by atoms with van der Waals surface area (Å²) in [7, 11) is 1.70. The number of hydrogen-bond donors (Lipinski definition) is 1. The number of nitrogens with one attached hydrogen (secondary N) is 1. The molecule has 2 atom stereocenters. The maximum absolute atomic E-state index is 13.6. The Kier molecular flexibility index (Phi) is 7.65. The molecule has 0 aliphatic carbocycles. The van der Waals surface area contributed by atoms with E-state index in [1.54, 1.807) is 7.11 Å². The van der Waals surface area contributed by atoms with E-state index in [1.165, 1.54) is 0 Å². The van der Waals surface area contributed by atoms with Gasteiger partial charge in [0.2, 0.25) is 0 Å². The smallest absolute Gasteiger partial charge is 0.253 e. The number of hydrogen-bond acceptors (Lipinski definition) is 9. The first-order valence-electron chi connectivity index (χ1n) is 13.9. The van der Waals surface area contributed by atoms with Crippen molar-refractivity contribution in [1.82, 2.24) is 30.1 Å². The quantitative estimate of drug-likeness (QED) is 0.339. The van der Waals surface area contributed by atoms with Crippen molar-refractivity contribution in [3.63, 3.8) is 0 Å². The Balaban J connectivity index is 1.37. The van der Waals surface area contributed by atoms with Crippen LogP contribution in [-0.2, 0) is 11.3 Å². The Labute approximate surface area is 232 Å². The van der Waals surface area contributed by atoms with Crippen molar-refractivity contribution in [2.24, 2.45) is 0 Å². The molecule has 0 bridgehead atoms. The van der Waals surface area contributed by atoms with Crippen LogP contribution in [0.1, 0.15) is 37.2 Å². The lowest BCUT2D eigenvalue weighted by Gasteiger charge is -2.40. The van der Waals surface area contributed by atoms with Crippen molar-refractivity contribution in [2.45, 2.75) is 38.5 Å². The van der Waals surface area contributed by atoms with Crippen LogP contribution in [0.25, 0.3) is 10.9 Å². The van der Waals surface area contributed by atoms with E-state index in [2.05, 4.69) is 36.4 Å². The molecule has 6 rings (SSSR count). The Morgan fingerprint density at radius 2 is 1.98 bits per heavy atom. The molecule has 1 N–H and O–H groups in total. The number of anilines is 1. The van der Waals surface area contributed by atoms with Crippen LogP contribution in [0.5, 0.6) is 11.5 Å². The van der Waals surface area contributed by atoms with E-state index < -0.39 is 6.04 Å². The van der Waals surface area contributed by atoms with Crippen molar-refractivity contribution in [3.8, 4) is 11.5 Å². The van der Waals surface area contributed by atoms with Gasteiger partial charge in [0.05, 0.1) is 32.1 Å². The summed E-state index contributed by atoms with van der Waals surface area (Å²) in [4.78, 5) is 21.3. The van der Waals surface area contributed by atoms with Crippen LogP contribution in [0.3, 0.4) is 0 Å². The average molecular weight is 546 g/mol. The van der Waals surface area contributed by atoms with E-state index in [0.717, 1.165) is 60.6 Å². The zero-order chi connectivity index (χ0) is 27.5. The van der Waals surface area contributed by atoms with Gasteiger partial charge in [-0.3, -0.25) is 9.69 Å². The molecule has 0 unspecified atom stereocenters. The highest BCUT2D eigenvalue weighted by Crippen LogP contribution is 2.32. The molecule has 2 aromatic carbocycles. The minimum atomic E-state index is -0.430. The van der Waals surface area contributed by atoms with Crippen molar-refractivity contribution in [3.05, 3.63) is 70.3 Å². The summed E-state index contributed by atoms with van der Waals surface area (Å²) in [6, 6.07) is 15.3. The minimum Gasteiger partial charge on any atom is -0.495 e. The Hall–Kier alpha value is -3.96. The average Bonchev–Trinajstić information content (AvgIpc) is 3.67. The number of nitrogens with zero attached hydrogens (tertiary/aromatic N) is 6. The van der Waals surface area contributed by atoms with Crippen molar-refractivity contribution < 1.29 is 14.2 Å². The highest BCUT2D eigenvalue weighted by molar-refractivity contribution is 5.80. The number of aromatic nitrogens is 5. The molecule has 40 heavy (non-hydrogen) atoms. The van der Waals surface area contributed by atoms with Gasteiger partial charge < -0.3 is 24.1 Å². The molecule has 4 aromatic rings. The fourth-order valence-corrected chi connectivity index (χ4v) is 5.79. The van der Waals surface area contributed by atoms with Crippen molar-refractivity contribution in [1.29, 1.82) is 0 Å². The zero-order valence-electron chi connectivity index (χ0n) is 23.0. The van der Waals surface area contributed by atoms with Gasteiger partial charge in [-0.25, -0.2) is 4.68 Å². The minimum absolute atomic E-state index is 0.0638. The SMILES string of the molecule is CCOc1ccc2[nH]c(=O)c([C@H](c3nnnn3C[C@H]3CCCO3)N3CCN(c4ccccc4OC)CC3)cc2c1. The maximum atomic E-state index is 13.6. The second-order valence-electron chi connectivity index (χ2n) is 10.2. The van der Waals surface area contributed by atoms with Crippen LogP contribution < -0.4 is 19.9 Å². The molecule has 2 saturated heterocycles. The number of ether oxygens (including phenoxy) is 3. The molecular formula is C29H35N7O4. The standard InChI is InChI=1S/C29H35N7O4/c1-3-39-21-10-11-24-20(17-21)18-23(29(37)30-24)27(28-31-32-33-36(28)19-22-7-6-16-40-22)35-14-12-34(13-15-35)25-8-4-5-9-26(25)38-2/h4-5,8-11,17-18,22,27H,3,6-7,12-16,19H2,1-2H3,(H,30,37)/t22-,27-/m1/s1. The molecule has 2 aliphatic rings. The zero-order valence-corrected chi connectivity index (χ0v) is 23.0. The van der Waals surface area contributed by atoms with Gasteiger partial charge in [0.25, 0.3) is 5.56 Å². The molecule has 0 amide bonds. The highest BCUT2D eigenvalue weighted by Gasteiger charge is 2.34. The van der Waals surface area contributed by atoms with Crippen LogP contribution in [0.15, 0.2) is 53.3 Å². The normalized spacial score (nSPS) is 18.8. The molecule has 0 radical (unpaired) electrons. The van der Waals surface area contributed by atoms with E-state index in [-0.39, 0.29) is 11.7 Å². The molecule has 11 nitrogen and oxygen atoms in total. The number of benzene rings is 2. The number of piperazine rings is 1. The number of pyridine rings is 1. The Morgan fingerprint density at radius 1 is 1.12 bits per heavy atom. The van der Waals surface area contributed by atoms with Gasteiger partial charge in [-0.15, -0.1) is 5.10 Å². The predicted octanol–water partition coefficient (Wildman–Crippen LogP) is 3.01. The molecule has 11 heteroatoms. The monoisotopic (exact) mass is 545 g/mol. The van der Waals surface area contributed by atoms with Crippen molar-refractivity contribution in [2.75, 3.05) is 51.4 Å². The van der Waals surface area contributed by atoms with Crippen LogP contribution in [0, 0.1) is 0 Å². The second-order valence-corrected chi connectivity index (χ2v) is 10.2. The number of aromatic amines is 1. The molecule has 2 aliphatic heterocycles.